The van der Waals surface area contributed by atoms with Gasteiger partial charge in [-0.15, -0.1) is 34.5 Å². The standard InChI is InChI=1S/C20H18Cl2N2O3S/c21-7-9-24(10-8-22)16-4-1-13(2-5-16)19(25)23-15-3-6-17-14(11-15)12-18(28-17)20(26)27/h1-6,11-12H,7-10H2,(H,23,25)(H,26,27). The molecule has 0 fully saturated rings. The highest BCUT2D eigenvalue weighted by Gasteiger charge is 2.12. The molecule has 3 aromatic rings. The highest BCUT2D eigenvalue weighted by Crippen LogP contribution is 2.28. The Kier molecular flexibility index (Phi) is 6.78. The number of anilines is 2. The van der Waals surface area contributed by atoms with Crippen LogP contribution in [0.2, 0.25) is 0 Å². The third kappa shape index (κ3) is 4.76. The van der Waals surface area contributed by atoms with E-state index in [1.54, 1.807) is 36.4 Å². The van der Waals surface area contributed by atoms with E-state index < -0.39 is 5.97 Å². The number of carboxylic acids is 1. The van der Waals surface area contributed by atoms with E-state index in [-0.39, 0.29) is 10.8 Å². The van der Waals surface area contributed by atoms with Crippen LogP contribution in [0.25, 0.3) is 10.1 Å². The van der Waals surface area contributed by atoms with Crippen LogP contribution in [0.15, 0.2) is 48.5 Å². The number of carbonyl (C=O) groups is 2. The Morgan fingerprint density at radius 2 is 1.68 bits per heavy atom. The number of nitrogens with one attached hydrogen (secondary N) is 1. The molecule has 0 saturated heterocycles. The maximum atomic E-state index is 12.5. The lowest BCUT2D eigenvalue weighted by molar-refractivity contribution is 0.0702. The molecule has 5 nitrogen and oxygen atoms in total. The van der Waals surface area contributed by atoms with Gasteiger partial charge in [0.2, 0.25) is 0 Å². The van der Waals surface area contributed by atoms with Gasteiger partial charge in [-0.25, -0.2) is 4.79 Å². The van der Waals surface area contributed by atoms with E-state index in [1.807, 2.05) is 12.1 Å². The van der Waals surface area contributed by atoms with Gasteiger partial charge in [-0.2, -0.15) is 0 Å². The van der Waals surface area contributed by atoms with Crippen molar-refractivity contribution in [1.82, 2.24) is 0 Å². The van der Waals surface area contributed by atoms with Crippen LogP contribution in [0.4, 0.5) is 11.4 Å². The average Bonchev–Trinajstić information content (AvgIpc) is 3.12. The van der Waals surface area contributed by atoms with Gasteiger partial charge >= 0.3 is 5.97 Å². The third-order valence-electron chi connectivity index (χ3n) is 4.19. The molecule has 0 unspecified atom stereocenters. The van der Waals surface area contributed by atoms with E-state index in [2.05, 4.69) is 10.2 Å². The molecule has 0 aliphatic carbocycles. The van der Waals surface area contributed by atoms with Crippen LogP contribution in [0.1, 0.15) is 20.0 Å². The smallest absolute Gasteiger partial charge is 0.345 e. The largest absolute Gasteiger partial charge is 0.477 e. The molecule has 1 amide bonds. The first-order valence-corrected chi connectivity index (χ1v) is 10.5. The fourth-order valence-corrected chi connectivity index (χ4v) is 4.12. The summed E-state index contributed by atoms with van der Waals surface area (Å²) in [6, 6.07) is 14.2. The van der Waals surface area contributed by atoms with Crippen molar-refractivity contribution in [2.45, 2.75) is 0 Å². The van der Waals surface area contributed by atoms with Gasteiger partial charge < -0.3 is 15.3 Å². The van der Waals surface area contributed by atoms with E-state index in [0.29, 0.717) is 36.1 Å². The van der Waals surface area contributed by atoms with Gasteiger partial charge in [-0.3, -0.25) is 4.79 Å². The number of benzene rings is 2. The molecular weight excluding hydrogens is 419 g/mol. The summed E-state index contributed by atoms with van der Waals surface area (Å²) in [4.78, 5) is 26.0. The number of amides is 1. The summed E-state index contributed by atoms with van der Waals surface area (Å²) in [6.07, 6.45) is 0. The summed E-state index contributed by atoms with van der Waals surface area (Å²) < 4.78 is 0.860. The number of aromatic carboxylic acids is 1. The van der Waals surface area contributed by atoms with Crippen molar-refractivity contribution >= 4 is 67.9 Å². The van der Waals surface area contributed by atoms with Gasteiger partial charge in [0, 0.05) is 46.5 Å². The predicted molar refractivity (Wildman–Crippen MR) is 117 cm³/mol. The Bertz CT molecular complexity index is 983. The summed E-state index contributed by atoms with van der Waals surface area (Å²) in [5, 5.41) is 12.7. The maximum absolute atomic E-state index is 12.5. The lowest BCUT2D eigenvalue weighted by Crippen LogP contribution is -2.27. The van der Waals surface area contributed by atoms with Crippen LogP contribution in [0, 0.1) is 0 Å². The van der Waals surface area contributed by atoms with Crippen molar-refractivity contribution in [2.75, 3.05) is 35.1 Å². The number of hydrogen-bond acceptors (Lipinski definition) is 4. The summed E-state index contributed by atoms with van der Waals surface area (Å²) >= 11 is 12.9. The molecule has 28 heavy (non-hydrogen) atoms. The molecule has 0 aliphatic heterocycles. The predicted octanol–water partition coefficient (Wildman–Crippen LogP) is 5.14. The molecule has 0 spiro atoms. The van der Waals surface area contributed by atoms with Crippen molar-refractivity contribution in [3.05, 3.63) is 59.0 Å². The number of rotatable bonds is 8. The minimum Gasteiger partial charge on any atom is -0.477 e. The van der Waals surface area contributed by atoms with E-state index in [1.165, 1.54) is 11.3 Å². The quantitative estimate of drug-likeness (QED) is 0.479. The zero-order chi connectivity index (χ0) is 20.1. The topological polar surface area (TPSA) is 69.6 Å². The van der Waals surface area contributed by atoms with Crippen molar-refractivity contribution in [2.24, 2.45) is 0 Å². The fourth-order valence-electron chi connectivity index (χ4n) is 2.83. The second-order valence-corrected chi connectivity index (χ2v) is 7.87. The molecule has 2 aromatic carbocycles. The minimum atomic E-state index is -0.954. The Balaban J connectivity index is 1.73. The molecular formula is C20H18Cl2N2O3S. The van der Waals surface area contributed by atoms with Crippen LogP contribution in [-0.4, -0.2) is 41.8 Å². The normalized spacial score (nSPS) is 10.8. The summed E-state index contributed by atoms with van der Waals surface area (Å²) in [7, 11) is 0. The number of alkyl halides is 2. The van der Waals surface area contributed by atoms with E-state index >= 15 is 0 Å². The fraction of sp³-hybridized carbons (Fsp3) is 0.200. The first-order valence-electron chi connectivity index (χ1n) is 8.57. The van der Waals surface area contributed by atoms with Gasteiger partial charge in [0.15, 0.2) is 0 Å². The first-order chi connectivity index (χ1) is 13.5. The monoisotopic (exact) mass is 436 g/mol. The molecule has 1 heterocycles. The Labute approximate surface area is 176 Å². The number of carbonyl (C=O) groups excluding carboxylic acids is 1. The molecule has 1 aromatic heterocycles. The van der Waals surface area contributed by atoms with Crippen molar-refractivity contribution in [3.63, 3.8) is 0 Å². The summed E-state index contributed by atoms with van der Waals surface area (Å²) in [5.41, 5.74) is 2.10. The molecule has 3 rings (SSSR count). The van der Waals surface area contributed by atoms with Crippen LogP contribution in [0.3, 0.4) is 0 Å². The number of thiophene rings is 1. The Hall–Kier alpha value is -2.28. The lowest BCUT2D eigenvalue weighted by atomic mass is 10.1. The summed E-state index contributed by atoms with van der Waals surface area (Å²) in [5.74, 6) is -0.202. The summed E-state index contributed by atoms with van der Waals surface area (Å²) in [6.45, 7) is 1.36. The molecule has 146 valence electrons. The molecule has 0 saturated carbocycles. The highest BCUT2D eigenvalue weighted by molar-refractivity contribution is 7.20. The van der Waals surface area contributed by atoms with Gasteiger partial charge in [-0.05, 0) is 53.9 Å². The Morgan fingerprint density at radius 1 is 1.00 bits per heavy atom. The lowest BCUT2D eigenvalue weighted by Gasteiger charge is -2.22. The number of fused-ring (bicyclic) bond motifs is 1. The maximum Gasteiger partial charge on any atom is 0.345 e. The molecule has 8 heteroatoms. The number of nitrogens with zero attached hydrogens (tertiary/aromatic N) is 1. The molecule has 0 bridgehead atoms. The van der Waals surface area contributed by atoms with Crippen LogP contribution < -0.4 is 10.2 Å². The molecule has 2 N–H and O–H groups in total. The molecule has 0 atom stereocenters. The number of carboxylic acid groups (broad SMARTS) is 1. The zero-order valence-corrected chi connectivity index (χ0v) is 17.2. The van der Waals surface area contributed by atoms with E-state index in [4.69, 9.17) is 28.3 Å². The van der Waals surface area contributed by atoms with E-state index in [9.17, 15) is 9.59 Å². The van der Waals surface area contributed by atoms with Gasteiger partial charge in [-0.1, -0.05) is 0 Å². The van der Waals surface area contributed by atoms with Crippen molar-refractivity contribution in [1.29, 1.82) is 0 Å². The minimum absolute atomic E-state index is 0.235. The highest BCUT2D eigenvalue weighted by atomic mass is 35.5. The third-order valence-corrected chi connectivity index (χ3v) is 5.63. The molecule has 0 radical (unpaired) electrons. The van der Waals surface area contributed by atoms with Crippen molar-refractivity contribution in [3.8, 4) is 0 Å². The van der Waals surface area contributed by atoms with Crippen LogP contribution in [0.5, 0.6) is 0 Å². The first kappa shape index (κ1) is 20.5. The van der Waals surface area contributed by atoms with Gasteiger partial charge in [0.05, 0.1) is 0 Å². The van der Waals surface area contributed by atoms with Gasteiger partial charge in [0.1, 0.15) is 4.88 Å². The van der Waals surface area contributed by atoms with E-state index in [0.717, 1.165) is 15.8 Å². The zero-order valence-electron chi connectivity index (χ0n) is 14.8. The number of hydrogen-bond donors (Lipinski definition) is 2. The average molecular weight is 437 g/mol. The van der Waals surface area contributed by atoms with Crippen molar-refractivity contribution < 1.29 is 14.7 Å². The second kappa shape index (κ2) is 9.28. The second-order valence-electron chi connectivity index (χ2n) is 6.03. The number of halogens is 2. The van der Waals surface area contributed by atoms with Gasteiger partial charge in [0.25, 0.3) is 5.91 Å². The SMILES string of the molecule is O=C(Nc1ccc2sc(C(=O)O)cc2c1)c1ccc(N(CCCl)CCCl)cc1. The Morgan fingerprint density at radius 3 is 2.29 bits per heavy atom. The van der Waals surface area contributed by atoms with Crippen LogP contribution >= 0.6 is 34.5 Å². The molecule has 0 aliphatic rings. The van der Waals surface area contributed by atoms with Crippen LogP contribution in [-0.2, 0) is 0 Å².